The molecule has 0 radical (unpaired) electrons. The molecule has 0 unspecified atom stereocenters. The third-order valence-corrected chi connectivity index (χ3v) is 8.83. The highest BCUT2D eigenvalue weighted by atomic mass is 35.5. The van der Waals surface area contributed by atoms with E-state index in [0.717, 1.165) is 36.8 Å². The van der Waals surface area contributed by atoms with Gasteiger partial charge in [0.1, 0.15) is 11.9 Å². The molecule has 2 aromatic carbocycles. The van der Waals surface area contributed by atoms with Crippen molar-refractivity contribution in [3.8, 4) is 5.75 Å². The Morgan fingerprint density at radius 3 is 2.60 bits per heavy atom. The number of carbonyl (C=O) groups excluding carboxylic acids is 2. The van der Waals surface area contributed by atoms with E-state index in [9.17, 15) is 14.7 Å². The molecule has 0 bridgehead atoms. The molecule has 9 heteroatoms. The average Bonchev–Trinajstić information content (AvgIpc) is 2.98. The Hall–Kier alpha value is -2.32. The predicted molar refractivity (Wildman–Crippen MR) is 160 cm³/mol. The number of nitrogens with zero attached hydrogens (tertiary/aromatic N) is 2. The van der Waals surface area contributed by atoms with E-state index in [1.165, 1.54) is 6.42 Å². The largest absolute Gasteiger partial charge is 0.488 e. The summed E-state index contributed by atoms with van der Waals surface area (Å²) in [6.45, 7) is 5.54. The number of benzene rings is 2. The summed E-state index contributed by atoms with van der Waals surface area (Å²) in [7, 11) is 2.02. The molecule has 0 aromatic heterocycles. The van der Waals surface area contributed by atoms with Crippen molar-refractivity contribution in [2.75, 3.05) is 32.1 Å². The molecule has 1 fully saturated rings. The molecule has 2 aromatic rings. The third-order valence-electron chi connectivity index (χ3n) is 8.09. The number of carbonyl (C=O) groups is 2. The maximum absolute atomic E-state index is 13.5. The molecule has 1 saturated carbocycles. The topological polar surface area (TPSA) is 82.1 Å². The second kappa shape index (κ2) is 14.0. The molecule has 218 valence electrons. The van der Waals surface area contributed by atoms with Crippen LogP contribution in [0.1, 0.15) is 57.1 Å². The minimum absolute atomic E-state index is 0.00848. The molecule has 1 aliphatic carbocycles. The molecule has 0 spiro atoms. The highest BCUT2D eigenvalue weighted by Crippen LogP contribution is 2.31. The smallest absolute Gasteiger partial charge is 0.227 e. The fraction of sp³-hybridized carbons (Fsp3) is 0.548. The summed E-state index contributed by atoms with van der Waals surface area (Å²) in [5, 5.41) is 14.0. The number of nitrogens with one attached hydrogen (secondary N) is 1. The van der Waals surface area contributed by atoms with Crippen LogP contribution >= 0.6 is 23.2 Å². The lowest BCUT2D eigenvalue weighted by atomic mass is 9.88. The molecular weight excluding hydrogens is 549 g/mol. The van der Waals surface area contributed by atoms with Crippen molar-refractivity contribution in [2.45, 2.75) is 71.1 Å². The van der Waals surface area contributed by atoms with Gasteiger partial charge in [-0.15, -0.1) is 0 Å². The molecule has 40 heavy (non-hydrogen) atoms. The van der Waals surface area contributed by atoms with E-state index >= 15 is 0 Å². The molecule has 1 aliphatic heterocycles. The Morgan fingerprint density at radius 1 is 1.15 bits per heavy atom. The van der Waals surface area contributed by atoms with Gasteiger partial charge in [-0.05, 0) is 62.7 Å². The molecule has 0 saturated heterocycles. The number of halogens is 2. The van der Waals surface area contributed by atoms with Gasteiger partial charge >= 0.3 is 0 Å². The lowest BCUT2D eigenvalue weighted by Gasteiger charge is -2.34. The molecule has 2 amide bonds. The standard InChI is InChI=1S/C31H41Cl2N3O4/c1-20-16-36(21(2)19-37)30(38)15-24-14-25(34-31(39)23-7-5-4-6-8-23)10-12-28(24)40-29(20)18-35(3)17-22-9-11-26(32)27(33)13-22/h9-14,20-21,23,29,37H,4-8,15-19H2,1-3H3,(H,34,39)/t20-,21+,29-/m1/s1. The molecule has 2 aliphatic rings. The normalized spacial score (nSPS) is 21.2. The molecule has 3 atom stereocenters. The van der Waals surface area contributed by atoms with Crippen LogP contribution in [0.5, 0.6) is 5.75 Å². The van der Waals surface area contributed by atoms with E-state index in [0.29, 0.717) is 41.1 Å². The van der Waals surface area contributed by atoms with Crippen molar-refractivity contribution in [1.82, 2.24) is 9.80 Å². The van der Waals surface area contributed by atoms with Crippen LogP contribution in [0.15, 0.2) is 36.4 Å². The van der Waals surface area contributed by atoms with Crippen LogP contribution in [0.3, 0.4) is 0 Å². The number of anilines is 1. The van der Waals surface area contributed by atoms with Crippen molar-refractivity contribution in [1.29, 1.82) is 0 Å². The van der Waals surface area contributed by atoms with Crippen molar-refractivity contribution in [3.05, 3.63) is 57.6 Å². The maximum Gasteiger partial charge on any atom is 0.227 e. The molecule has 7 nitrogen and oxygen atoms in total. The summed E-state index contributed by atoms with van der Waals surface area (Å²) < 4.78 is 6.62. The Balaban J connectivity index is 1.56. The van der Waals surface area contributed by atoms with Crippen LogP contribution < -0.4 is 10.1 Å². The van der Waals surface area contributed by atoms with Crippen molar-refractivity contribution in [2.24, 2.45) is 11.8 Å². The Bertz CT molecular complexity index is 1190. The number of rotatable bonds is 8. The van der Waals surface area contributed by atoms with Crippen LogP contribution in [0.25, 0.3) is 0 Å². The fourth-order valence-electron chi connectivity index (χ4n) is 5.66. The van der Waals surface area contributed by atoms with E-state index in [1.807, 2.05) is 44.3 Å². The lowest BCUT2D eigenvalue weighted by Crippen LogP contribution is -2.47. The zero-order valence-electron chi connectivity index (χ0n) is 23.7. The van der Waals surface area contributed by atoms with Gasteiger partial charge in [-0.3, -0.25) is 14.5 Å². The van der Waals surface area contributed by atoms with Crippen LogP contribution in [0.2, 0.25) is 10.0 Å². The van der Waals surface area contributed by atoms with Crippen molar-refractivity contribution >= 4 is 40.7 Å². The van der Waals surface area contributed by atoms with Gasteiger partial charge in [0.2, 0.25) is 11.8 Å². The quantitative estimate of drug-likeness (QED) is 0.407. The summed E-state index contributed by atoms with van der Waals surface area (Å²) in [5.41, 5.74) is 2.44. The van der Waals surface area contributed by atoms with Crippen LogP contribution in [-0.2, 0) is 22.6 Å². The first-order valence-corrected chi connectivity index (χ1v) is 15.0. The maximum atomic E-state index is 13.5. The van der Waals surface area contributed by atoms with E-state index < -0.39 is 0 Å². The molecular formula is C31H41Cl2N3O4. The van der Waals surface area contributed by atoms with E-state index in [1.54, 1.807) is 11.0 Å². The average molecular weight is 591 g/mol. The number of hydrogen-bond donors (Lipinski definition) is 2. The first-order valence-electron chi connectivity index (χ1n) is 14.3. The van der Waals surface area contributed by atoms with Gasteiger partial charge in [0, 0.05) is 42.7 Å². The third kappa shape index (κ3) is 7.90. The predicted octanol–water partition coefficient (Wildman–Crippen LogP) is 5.79. The lowest BCUT2D eigenvalue weighted by molar-refractivity contribution is -0.134. The van der Waals surface area contributed by atoms with Gasteiger partial charge in [-0.1, -0.05) is 55.5 Å². The summed E-state index contributed by atoms with van der Waals surface area (Å²) >= 11 is 12.3. The van der Waals surface area contributed by atoms with E-state index in [4.69, 9.17) is 27.9 Å². The summed E-state index contributed by atoms with van der Waals surface area (Å²) in [6, 6.07) is 10.9. The molecule has 2 N–H and O–H groups in total. The van der Waals surface area contributed by atoms with Crippen molar-refractivity contribution in [3.63, 3.8) is 0 Å². The van der Waals surface area contributed by atoms with Crippen molar-refractivity contribution < 1.29 is 19.4 Å². The van der Waals surface area contributed by atoms with E-state index in [2.05, 4.69) is 17.1 Å². The van der Waals surface area contributed by atoms with Gasteiger partial charge in [0.05, 0.1) is 29.1 Å². The number of ether oxygens (including phenoxy) is 1. The van der Waals surface area contributed by atoms with Crippen LogP contribution in [0, 0.1) is 11.8 Å². The van der Waals surface area contributed by atoms with Gasteiger partial charge < -0.3 is 20.1 Å². The number of fused-ring (bicyclic) bond motifs is 1. The SMILES string of the molecule is C[C@@H]1CN([C@@H](C)CO)C(=O)Cc2cc(NC(=O)C3CCCCC3)ccc2O[C@@H]1CN(C)Cc1ccc(Cl)c(Cl)c1. The number of aliphatic hydroxyl groups is 1. The zero-order chi connectivity index (χ0) is 28.8. The number of aliphatic hydroxyl groups excluding tert-OH is 1. The van der Waals surface area contributed by atoms with Gasteiger partial charge in [-0.2, -0.15) is 0 Å². The summed E-state index contributed by atoms with van der Waals surface area (Å²) in [4.78, 5) is 30.3. The number of hydrogen-bond acceptors (Lipinski definition) is 5. The Morgan fingerprint density at radius 2 is 1.90 bits per heavy atom. The fourth-order valence-corrected chi connectivity index (χ4v) is 5.98. The van der Waals surface area contributed by atoms with Crippen LogP contribution in [0.4, 0.5) is 5.69 Å². The first-order chi connectivity index (χ1) is 19.1. The Labute approximate surface area is 247 Å². The first kappa shape index (κ1) is 30.6. The second-order valence-corrected chi connectivity index (χ2v) is 12.3. The van der Waals surface area contributed by atoms with Gasteiger partial charge in [-0.25, -0.2) is 0 Å². The zero-order valence-corrected chi connectivity index (χ0v) is 25.2. The van der Waals surface area contributed by atoms with Gasteiger partial charge in [0.15, 0.2) is 0 Å². The molecule has 1 heterocycles. The van der Waals surface area contributed by atoms with Gasteiger partial charge in [0.25, 0.3) is 0 Å². The summed E-state index contributed by atoms with van der Waals surface area (Å²) in [5.74, 6) is 0.641. The number of amides is 2. The Kier molecular flexibility index (Phi) is 10.7. The summed E-state index contributed by atoms with van der Waals surface area (Å²) in [6.07, 6.45) is 5.10. The minimum atomic E-state index is -0.319. The highest BCUT2D eigenvalue weighted by Gasteiger charge is 2.31. The minimum Gasteiger partial charge on any atom is -0.488 e. The number of likely N-dealkylation sites (N-methyl/N-ethyl adjacent to an activating group) is 1. The highest BCUT2D eigenvalue weighted by molar-refractivity contribution is 6.42. The second-order valence-electron chi connectivity index (χ2n) is 11.5. The molecule has 4 rings (SSSR count). The van der Waals surface area contributed by atoms with E-state index in [-0.39, 0.29) is 48.8 Å². The van der Waals surface area contributed by atoms with Crippen LogP contribution in [-0.4, -0.2) is 65.6 Å². The monoisotopic (exact) mass is 589 g/mol.